The summed E-state index contributed by atoms with van der Waals surface area (Å²) >= 11 is 6.36. The van der Waals surface area contributed by atoms with Gasteiger partial charge in [0.25, 0.3) is 5.69 Å². The Kier molecular flexibility index (Phi) is 5.76. The van der Waals surface area contributed by atoms with Crippen LogP contribution in [0.4, 0.5) is 11.4 Å². The molecule has 3 aliphatic rings. The summed E-state index contributed by atoms with van der Waals surface area (Å²) in [5.41, 5.74) is 2.52. The number of imide groups is 1. The predicted octanol–water partition coefficient (Wildman–Crippen LogP) is 5.09. The number of nitrogens with zero attached hydrogens (tertiary/aromatic N) is 2. The number of methoxy groups -OCH3 is 1. The lowest BCUT2D eigenvalue weighted by molar-refractivity contribution is -0.384. The van der Waals surface area contributed by atoms with Crippen molar-refractivity contribution in [1.82, 2.24) is 0 Å². The molecule has 2 heterocycles. The van der Waals surface area contributed by atoms with E-state index in [1.807, 2.05) is 37.3 Å². The van der Waals surface area contributed by atoms with Crippen molar-refractivity contribution in [2.45, 2.75) is 12.8 Å². The number of esters is 1. The van der Waals surface area contributed by atoms with Gasteiger partial charge in [0.05, 0.1) is 40.5 Å². The van der Waals surface area contributed by atoms with Gasteiger partial charge < -0.3 is 9.47 Å². The van der Waals surface area contributed by atoms with Gasteiger partial charge >= 0.3 is 5.97 Å². The molecule has 0 saturated carbocycles. The van der Waals surface area contributed by atoms with Gasteiger partial charge in [-0.25, -0.2) is 4.90 Å². The topological polar surface area (TPSA) is 116 Å². The number of allylic oxidation sites excluding steroid dienone is 1. The van der Waals surface area contributed by atoms with Crippen LogP contribution in [-0.4, -0.2) is 29.8 Å². The first-order valence-electron chi connectivity index (χ1n) is 12.2. The number of halogens is 1. The average molecular weight is 545 g/mol. The first-order valence-corrected chi connectivity index (χ1v) is 12.6. The monoisotopic (exact) mass is 544 g/mol. The fraction of sp³-hybridized carbons (Fsp3) is 0.207. The molecule has 0 aromatic heterocycles. The maximum absolute atomic E-state index is 14.0. The van der Waals surface area contributed by atoms with Crippen LogP contribution in [0.5, 0.6) is 11.5 Å². The Morgan fingerprint density at radius 3 is 2.38 bits per heavy atom. The van der Waals surface area contributed by atoms with Gasteiger partial charge in [-0.2, -0.15) is 0 Å². The maximum Gasteiger partial charge on any atom is 0.319 e. The van der Waals surface area contributed by atoms with Gasteiger partial charge in [0.1, 0.15) is 11.5 Å². The van der Waals surface area contributed by atoms with Crippen molar-refractivity contribution in [2.24, 2.45) is 17.8 Å². The standard InChI is InChI=1S/C29H21ClN2O7/c1-14-3-9-18-20-13-19(15-4-7-17(38-2)8-5-15)24-26(25(20)29(35)39-23(18)11-14)28(34)31(27(24)33)22-12-16(32(36)37)6-10-21(22)30/h3-13,19,24-26H,1-2H3/t19-,24-,25-,26-/m0/s1. The SMILES string of the molecule is COc1ccc([C@@H]2C=C3c4ccc(C)cc4OC(=O)[C@@H]3[C@H]3C(=O)N(c4cc([N+](=O)[O-])ccc4Cl)C(=O)[C@H]32)cc1. The van der Waals surface area contributed by atoms with E-state index in [2.05, 4.69) is 0 Å². The van der Waals surface area contributed by atoms with E-state index in [0.29, 0.717) is 22.6 Å². The van der Waals surface area contributed by atoms with Crippen LogP contribution in [0.25, 0.3) is 5.57 Å². The highest BCUT2D eigenvalue weighted by atomic mass is 35.5. The molecule has 9 nitrogen and oxygen atoms in total. The zero-order valence-electron chi connectivity index (χ0n) is 20.8. The minimum Gasteiger partial charge on any atom is -0.497 e. The highest BCUT2D eigenvalue weighted by Crippen LogP contribution is 2.55. The summed E-state index contributed by atoms with van der Waals surface area (Å²) < 4.78 is 10.9. The van der Waals surface area contributed by atoms with Gasteiger partial charge in [0, 0.05) is 23.6 Å². The molecule has 6 rings (SSSR count). The summed E-state index contributed by atoms with van der Waals surface area (Å²) in [6.45, 7) is 1.88. The molecule has 10 heteroatoms. The molecule has 1 aliphatic carbocycles. The number of nitro benzene ring substituents is 1. The Hall–Kier alpha value is -4.50. The van der Waals surface area contributed by atoms with E-state index < -0.39 is 46.4 Å². The lowest BCUT2D eigenvalue weighted by atomic mass is 9.64. The van der Waals surface area contributed by atoms with Crippen LogP contribution >= 0.6 is 11.6 Å². The summed E-state index contributed by atoms with van der Waals surface area (Å²) in [5.74, 6) is -4.53. The minimum atomic E-state index is -1.10. The summed E-state index contributed by atoms with van der Waals surface area (Å²) in [4.78, 5) is 53.2. The molecular formula is C29H21ClN2O7. The van der Waals surface area contributed by atoms with Gasteiger partial charge in [-0.3, -0.25) is 24.5 Å². The minimum absolute atomic E-state index is 0.00201. The Labute approximate surface area is 227 Å². The molecular weight excluding hydrogens is 524 g/mol. The molecule has 0 unspecified atom stereocenters. The van der Waals surface area contributed by atoms with Crippen molar-refractivity contribution < 1.29 is 28.8 Å². The number of hydrogen-bond donors (Lipinski definition) is 0. The van der Waals surface area contributed by atoms with E-state index in [0.717, 1.165) is 22.1 Å². The number of carbonyl (C=O) groups is 3. The molecule has 196 valence electrons. The maximum atomic E-state index is 14.0. The summed E-state index contributed by atoms with van der Waals surface area (Å²) in [7, 11) is 1.55. The molecule has 2 amide bonds. The Morgan fingerprint density at radius 1 is 0.974 bits per heavy atom. The van der Waals surface area contributed by atoms with Crippen molar-refractivity contribution in [3.63, 3.8) is 0 Å². The van der Waals surface area contributed by atoms with Crippen molar-refractivity contribution >= 4 is 46.3 Å². The number of amides is 2. The molecule has 0 N–H and O–H groups in total. The van der Waals surface area contributed by atoms with E-state index in [-0.39, 0.29) is 16.4 Å². The van der Waals surface area contributed by atoms with Gasteiger partial charge in [-0.15, -0.1) is 0 Å². The first-order chi connectivity index (χ1) is 18.7. The van der Waals surface area contributed by atoms with Gasteiger partial charge in [0.2, 0.25) is 11.8 Å². The molecule has 39 heavy (non-hydrogen) atoms. The molecule has 3 aromatic rings. The van der Waals surface area contributed by atoms with Crippen LogP contribution in [-0.2, 0) is 14.4 Å². The summed E-state index contributed by atoms with van der Waals surface area (Å²) in [5, 5.41) is 11.5. The number of carbonyl (C=O) groups excluding carboxylic acids is 3. The number of fused-ring (bicyclic) bond motifs is 5. The number of rotatable bonds is 4. The van der Waals surface area contributed by atoms with E-state index in [1.54, 1.807) is 25.3 Å². The van der Waals surface area contributed by atoms with E-state index >= 15 is 0 Å². The molecule has 1 saturated heterocycles. The lowest BCUT2D eigenvalue weighted by Gasteiger charge is -2.38. The third-order valence-electron chi connectivity index (χ3n) is 7.63. The number of anilines is 1. The van der Waals surface area contributed by atoms with Crippen LogP contribution in [0.1, 0.15) is 22.6 Å². The zero-order valence-corrected chi connectivity index (χ0v) is 21.5. The van der Waals surface area contributed by atoms with E-state index in [1.165, 1.54) is 12.1 Å². The third-order valence-corrected chi connectivity index (χ3v) is 7.95. The van der Waals surface area contributed by atoms with Gasteiger partial charge in [0.15, 0.2) is 0 Å². The quantitative estimate of drug-likeness (QED) is 0.148. The van der Waals surface area contributed by atoms with Crippen molar-refractivity contribution in [3.05, 3.63) is 98.6 Å². The molecule has 0 radical (unpaired) electrons. The number of non-ortho nitro benzene ring substituents is 1. The molecule has 4 atom stereocenters. The number of benzene rings is 3. The second-order valence-corrected chi connectivity index (χ2v) is 10.2. The normalized spacial score (nSPS) is 23.4. The van der Waals surface area contributed by atoms with E-state index in [4.69, 9.17) is 21.1 Å². The smallest absolute Gasteiger partial charge is 0.319 e. The zero-order chi connectivity index (χ0) is 27.6. The summed E-state index contributed by atoms with van der Waals surface area (Å²) in [6, 6.07) is 16.2. The highest BCUT2D eigenvalue weighted by molar-refractivity contribution is 6.36. The molecule has 0 bridgehead atoms. The molecule has 0 spiro atoms. The molecule has 3 aromatic carbocycles. The van der Waals surface area contributed by atoms with Crippen LogP contribution < -0.4 is 14.4 Å². The summed E-state index contributed by atoms with van der Waals surface area (Å²) in [6.07, 6.45) is 1.87. The Morgan fingerprint density at radius 2 is 1.69 bits per heavy atom. The van der Waals surface area contributed by atoms with E-state index in [9.17, 15) is 24.5 Å². The largest absolute Gasteiger partial charge is 0.497 e. The van der Waals surface area contributed by atoms with Crippen molar-refractivity contribution in [2.75, 3.05) is 12.0 Å². The van der Waals surface area contributed by atoms with Crippen LogP contribution in [0, 0.1) is 34.8 Å². The average Bonchev–Trinajstić information content (AvgIpc) is 3.18. The number of nitro groups is 1. The Bertz CT molecular complexity index is 1610. The Balaban J connectivity index is 1.55. The van der Waals surface area contributed by atoms with Crippen LogP contribution in [0.2, 0.25) is 5.02 Å². The highest BCUT2D eigenvalue weighted by Gasteiger charge is 2.60. The van der Waals surface area contributed by atoms with Crippen molar-refractivity contribution in [3.8, 4) is 11.5 Å². The second kappa shape index (κ2) is 9.06. The molecule has 1 fully saturated rings. The third kappa shape index (κ3) is 3.80. The lowest BCUT2D eigenvalue weighted by Crippen LogP contribution is -2.42. The van der Waals surface area contributed by atoms with Crippen molar-refractivity contribution in [1.29, 1.82) is 0 Å². The first kappa shape index (κ1) is 24.8. The number of aryl methyl sites for hydroxylation is 1. The fourth-order valence-corrected chi connectivity index (χ4v) is 6.05. The van der Waals surface area contributed by atoms with Gasteiger partial charge in [-0.05, 0) is 47.9 Å². The second-order valence-electron chi connectivity index (χ2n) is 9.78. The fourth-order valence-electron chi connectivity index (χ4n) is 5.84. The van der Waals surface area contributed by atoms with Crippen LogP contribution in [0.15, 0.2) is 66.7 Å². The molecule has 2 aliphatic heterocycles. The number of ether oxygens (including phenoxy) is 2. The predicted molar refractivity (Wildman–Crippen MR) is 142 cm³/mol. The van der Waals surface area contributed by atoms with Gasteiger partial charge in [-0.1, -0.05) is 41.9 Å². The number of hydrogen-bond acceptors (Lipinski definition) is 7. The van der Waals surface area contributed by atoms with Crippen LogP contribution in [0.3, 0.4) is 0 Å².